The van der Waals surface area contributed by atoms with Crippen molar-refractivity contribution in [1.29, 1.82) is 0 Å². The Balaban J connectivity index is 1.83. The highest BCUT2D eigenvalue weighted by Crippen LogP contribution is 2.49. The van der Waals surface area contributed by atoms with Gasteiger partial charge in [0.05, 0.1) is 12.5 Å². The maximum absolute atomic E-state index is 12.8. The highest BCUT2D eigenvalue weighted by molar-refractivity contribution is 7.77. The molecule has 1 amide bonds. The molecule has 0 radical (unpaired) electrons. The fourth-order valence-electron chi connectivity index (χ4n) is 3.23. The van der Waals surface area contributed by atoms with Crippen molar-refractivity contribution in [2.45, 2.75) is 25.8 Å². The molecule has 0 aromatic carbocycles. The van der Waals surface area contributed by atoms with Crippen molar-refractivity contribution in [3.8, 4) is 6.01 Å². The van der Waals surface area contributed by atoms with Gasteiger partial charge in [0, 0.05) is 17.3 Å². The van der Waals surface area contributed by atoms with Crippen molar-refractivity contribution in [2.24, 2.45) is 11.3 Å². The van der Waals surface area contributed by atoms with Crippen LogP contribution in [0.1, 0.15) is 18.7 Å². The van der Waals surface area contributed by atoms with E-state index in [-0.39, 0.29) is 23.8 Å². The highest BCUT2D eigenvalue weighted by Gasteiger charge is 2.54. The van der Waals surface area contributed by atoms with Gasteiger partial charge in [0.1, 0.15) is 5.82 Å². The highest BCUT2D eigenvalue weighted by atomic mass is 32.2. The number of allylic oxidation sites excluding steroid dienone is 1. The van der Waals surface area contributed by atoms with E-state index in [1.165, 1.54) is 7.11 Å². The van der Waals surface area contributed by atoms with Crippen molar-refractivity contribution in [2.75, 3.05) is 12.4 Å². The van der Waals surface area contributed by atoms with Crippen LogP contribution in [0, 0.1) is 18.3 Å². The summed E-state index contributed by atoms with van der Waals surface area (Å²) < 4.78 is 29.3. The third kappa shape index (κ3) is 2.96. The molecule has 1 aromatic rings. The van der Waals surface area contributed by atoms with E-state index in [9.17, 15) is 13.6 Å². The third-order valence-electron chi connectivity index (χ3n) is 4.22. The maximum atomic E-state index is 12.8. The minimum Gasteiger partial charge on any atom is -0.760 e. The summed E-state index contributed by atoms with van der Waals surface area (Å²) in [5, 5.41) is 2.65. The minimum atomic E-state index is -2.43. The molecule has 2 aliphatic rings. The van der Waals surface area contributed by atoms with E-state index >= 15 is 0 Å². The van der Waals surface area contributed by atoms with Crippen LogP contribution in [0.5, 0.6) is 6.01 Å². The van der Waals surface area contributed by atoms with Crippen molar-refractivity contribution in [1.82, 2.24) is 19.7 Å². The van der Waals surface area contributed by atoms with Crippen LogP contribution in [0.2, 0.25) is 0 Å². The number of amides is 1. The molecule has 0 spiro atoms. The van der Waals surface area contributed by atoms with Gasteiger partial charge in [0.15, 0.2) is 0 Å². The number of fused-ring (bicyclic) bond motifs is 2. The molecule has 2 aliphatic carbocycles. The first-order chi connectivity index (χ1) is 10.9. The first kappa shape index (κ1) is 16.0. The van der Waals surface area contributed by atoms with Gasteiger partial charge in [-0.2, -0.15) is 15.0 Å². The molecular weight excluding hydrogens is 322 g/mol. The predicted octanol–water partition coefficient (Wildman–Crippen LogP) is -0.154. The molecule has 23 heavy (non-hydrogen) atoms. The molecule has 1 saturated carbocycles. The van der Waals surface area contributed by atoms with Gasteiger partial charge in [-0.05, 0) is 25.7 Å². The predicted molar refractivity (Wildman–Crippen MR) is 79.9 cm³/mol. The van der Waals surface area contributed by atoms with E-state index in [1.807, 2.05) is 6.08 Å². The van der Waals surface area contributed by atoms with Gasteiger partial charge in [-0.1, -0.05) is 12.2 Å². The standard InChI is InChI=1S/C13H17N5O4S/c1-7-14-11(17-12(15-7)22-2)16-10(19)13-4-3-8(6-13)5-9(13)18-23(20)21/h3-4,8-9,18H,5-6H2,1-2H3,(H,20,21)(H,14,15,16,17,19)/p-1. The third-order valence-corrected chi connectivity index (χ3v) is 4.70. The Kier molecular flexibility index (Phi) is 4.13. The quantitative estimate of drug-likeness (QED) is 0.564. The smallest absolute Gasteiger partial charge is 0.321 e. The summed E-state index contributed by atoms with van der Waals surface area (Å²) in [6.45, 7) is 1.66. The molecule has 9 nitrogen and oxygen atoms in total. The number of ether oxygens (including phenoxy) is 1. The molecule has 1 aromatic heterocycles. The maximum Gasteiger partial charge on any atom is 0.321 e. The van der Waals surface area contributed by atoms with Gasteiger partial charge in [-0.15, -0.1) is 0 Å². The Bertz CT molecular complexity index is 697. The average molecular weight is 338 g/mol. The second-order valence-electron chi connectivity index (χ2n) is 5.65. The van der Waals surface area contributed by atoms with E-state index in [1.54, 1.807) is 13.0 Å². The Morgan fingerprint density at radius 2 is 2.26 bits per heavy atom. The van der Waals surface area contributed by atoms with Crippen molar-refractivity contribution in [3.05, 3.63) is 18.0 Å². The number of aromatic nitrogens is 3. The molecule has 10 heteroatoms. The Hall–Kier alpha value is -1.91. The number of hydrogen-bond acceptors (Lipinski definition) is 7. The number of nitrogens with one attached hydrogen (secondary N) is 2. The molecule has 2 bridgehead atoms. The fraction of sp³-hybridized carbons (Fsp3) is 0.538. The van der Waals surface area contributed by atoms with Gasteiger partial charge in [-0.25, -0.2) is 4.72 Å². The molecule has 4 unspecified atom stereocenters. The number of carbonyl (C=O) groups is 1. The molecule has 1 fully saturated rings. The SMILES string of the molecule is COc1nc(C)nc(NC(=O)C23C=CC(CC2NS(=O)[O-])C3)n1. The summed E-state index contributed by atoms with van der Waals surface area (Å²) >= 11 is -2.43. The fourth-order valence-corrected chi connectivity index (χ4v) is 3.77. The molecule has 0 aliphatic heterocycles. The largest absolute Gasteiger partial charge is 0.760 e. The topological polar surface area (TPSA) is 129 Å². The number of methoxy groups -OCH3 is 1. The van der Waals surface area contributed by atoms with Gasteiger partial charge < -0.3 is 9.29 Å². The Morgan fingerprint density at radius 1 is 1.48 bits per heavy atom. The van der Waals surface area contributed by atoms with Crippen LogP contribution in [0.4, 0.5) is 5.95 Å². The van der Waals surface area contributed by atoms with E-state index in [0.29, 0.717) is 18.7 Å². The molecule has 0 saturated heterocycles. The lowest BCUT2D eigenvalue weighted by molar-refractivity contribution is -0.123. The summed E-state index contributed by atoms with van der Waals surface area (Å²) in [6, 6.07) is -0.368. The first-order valence-electron chi connectivity index (χ1n) is 7.06. The molecule has 3 rings (SSSR count). The summed E-state index contributed by atoms with van der Waals surface area (Å²) in [5.74, 6) is 0.339. The average Bonchev–Trinajstić information content (AvgIpc) is 3.05. The molecule has 2 N–H and O–H groups in total. The lowest BCUT2D eigenvalue weighted by atomic mass is 9.83. The number of hydrogen-bond donors (Lipinski definition) is 2. The van der Waals surface area contributed by atoms with Crippen molar-refractivity contribution >= 4 is 23.1 Å². The van der Waals surface area contributed by atoms with Crippen LogP contribution in [-0.2, 0) is 16.1 Å². The Morgan fingerprint density at radius 3 is 2.91 bits per heavy atom. The van der Waals surface area contributed by atoms with Crippen molar-refractivity contribution in [3.63, 3.8) is 0 Å². The molecule has 124 valence electrons. The second-order valence-corrected chi connectivity index (χ2v) is 6.36. The van der Waals surface area contributed by atoms with Crippen LogP contribution in [0.25, 0.3) is 0 Å². The number of anilines is 1. The van der Waals surface area contributed by atoms with Crippen LogP contribution < -0.4 is 14.8 Å². The monoisotopic (exact) mass is 338 g/mol. The number of rotatable bonds is 5. The van der Waals surface area contributed by atoms with Gasteiger partial charge >= 0.3 is 6.01 Å². The minimum absolute atomic E-state index is 0.0828. The zero-order valence-electron chi connectivity index (χ0n) is 12.6. The van der Waals surface area contributed by atoms with Crippen LogP contribution in [0.15, 0.2) is 12.2 Å². The zero-order chi connectivity index (χ0) is 16.6. The lowest BCUT2D eigenvalue weighted by Crippen LogP contribution is -2.48. The molecular formula is C13H16N5O4S-. The lowest BCUT2D eigenvalue weighted by Gasteiger charge is -2.31. The zero-order valence-corrected chi connectivity index (χ0v) is 13.4. The van der Waals surface area contributed by atoms with E-state index in [4.69, 9.17) is 4.74 Å². The van der Waals surface area contributed by atoms with Crippen LogP contribution in [-0.4, -0.2) is 42.8 Å². The first-order valence-corrected chi connectivity index (χ1v) is 8.13. The summed E-state index contributed by atoms with van der Waals surface area (Å²) in [7, 11) is 1.42. The summed E-state index contributed by atoms with van der Waals surface area (Å²) in [4.78, 5) is 24.7. The van der Waals surface area contributed by atoms with Gasteiger partial charge in [0.25, 0.3) is 0 Å². The van der Waals surface area contributed by atoms with Gasteiger partial charge in [0.2, 0.25) is 11.9 Å². The van der Waals surface area contributed by atoms with Crippen molar-refractivity contribution < 1.29 is 18.3 Å². The Labute approximate surface area is 135 Å². The van der Waals surface area contributed by atoms with Crippen LogP contribution >= 0.6 is 0 Å². The van der Waals surface area contributed by atoms with E-state index < -0.39 is 22.7 Å². The normalized spacial score (nSPS) is 29.5. The van der Waals surface area contributed by atoms with Crippen LogP contribution in [0.3, 0.4) is 0 Å². The number of carbonyl (C=O) groups excluding carboxylic acids is 1. The molecule has 1 heterocycles. The van der Waals surface area contributed by atoms with Gasteiger partial charge in [-0.3, -0.25) is 14.3 Å². The summed E-state index contributed by atoms with van der Waals surface area (Å²) in [5.41, 5.74) is -0.918. The van der Waals surface area contributed by atoms with E-state index in [2.05, 4.69) is 25.0 Å². The number of aryl methyl sites for hydroxylation is 1. The summed E-state index contributed by atoms with van der Waals surface area (Å²) in [6.07, 6.45) is 4.88. The van der Waals surface area contributed by atoms with E-state index in [0.717, 1.165) is 0 Å². The second kappa shape index (κ2) is 5.95. The molecule has 4 atom stereocenters. The number of nitrogens with zero attached hydrogens (tertiary/aromatic N) is 3.